The van der Waals surface area contributed by atoms with Crippen LogP contribution in [0.3, 0.4) is 0 Å². The summed E-state index contributed by atoms with van der Waals surface area (Å²) >= 11 is 3.01. The molecule has 12 heteroatoms. The van der Waals surface area contributed by atoms with Crippen LogP contribution in [0.2, 0.25) is 0 Å². The predicted molar refractivity (Wildman–Crippen MR) is 120 cm³/mol. The number of hydrogen-bond donors (Lipinski definition) is 4. The fraction of sp³-hybridized carbons (Fsp3) is 0.625. The Kier molecular flexibility index (Phi) is 12.0. The van der Waals surface area contributed by atoms with Crippen LogP contribution < -0.4 is 21.3 Å². The van der Waals surface area contributed by atoms with E-state index in [1.165, 1.54) is 23.5 Å². The lowest BCUT2D eigenvalue weighted by atomic mass is 10.7. The predicted octanol–water partition coefficient (Wildman–Crippen LogP) is 2.91. The first-order valence-corrected chi connectivity index (χ1v) is 11.6. The van der Waals surface area contributed by atoms with Crippen molar-refractivity contribution in [1.29, 1.82) is 0 Å². The molecule has 0 radical (unpaired) electrons. The highest BCUT2D eigenvalue weighted by molar-refractivity contribution is 7.98. The van der Waals surface area contributed by atoms with Crippen LogP contribution in [-0.2, 0) is 0 Å². The number of anilines is 4. The number of rotatable bonds is 10. The topological polar surface area (TPSA) is 125 Å². The van der Waals surface area contributed by atoms with Crippen LogP contribution in [0.4, 0.5) is 23.8 Å². The monoisotopic (exact) mass is 426 g/mol. The highest BCUT2D eigenvalue weighted by Crippen LogP contribution is 2.14. The maximum absolute atomic E-state index is 4.21. The minimum absolute atomic E-state index is 0.628. The molecule has 0 aliphatic carbocycles. The van der Waals surface area contributed by atoms with Crippen LogP contribution in [-0.4, -0.2) is 68.6 Å². The van der Waals surface area contributed by atoms with Crippen LogP contribution in [0.1, 0.15) is 27.7 Å². The number of hydrogen-bond acceptors (Lipinski definition) is 12. The molecule has 0 aliphatic heterocycles. The number of nitrogens with one attached hydrogen (secondary N) is 4. The highest BCUT2D eigenvalue weighted by atomic mass is 32.2. The van der Waals surface area contributed by atoms with Gasteiger partial charge < -0.3 is 21.3 Å². The van der Waals surface area contributed by atoms with E-state index in [4.69, 9.17) is 0 Å². The summed E-state index contributed by atoms with van der Waals surface area (Å²) in [5.41, 5.74) is 0. The molecule has 156 valence electrons. The SMILES string of the molecule is CCNc1nc(NCC)nc(SC)n1.CCNc1nc(NCC)nc(SC)n1. The maximum Gasteiger partial charge on any atom is 0.228 e. The number of aromatic nitrogens is 6. The van der Waals surface area contributed by atoms with Gasteiger partial charge in [-0.05, 0) is 40.2 Å². The average Bonchev–Trinajstić information content (AvgIpc) is 2.69. The van der Waals surface area contributed by atoms with E-state index in [0.717, 1.165) is 36.5 Å². The van der Waals surface area contributed by atoms with E-state index in [1.54, 1.807) is 0 Å². The van der Waals surface area contributed by atoms with Gasteiger partial charge in [0.2, 0.25) is 23.8 Å². The van der Waals surface area contributed by atoms with Crippen LogP contribution >= 0.6 is 23.5 Å². The summed E-state index contributed by atoms with van der Waals surface area (Å²) < 4.78 is 0. The highest BCUT2D eigenvalue weighted by Gasteiger charge is 2.04. The van der Waals surface area contributed by atoms with Gasteiger partial charge in [0.25, 0.3) is 0 Å². The third-order valence-electron chi connectivity index (χ3n) is 2.93. The van der Waals surface area contributed by atoms with Gasteiger partial charge in [0.05, 0.1) is 0 Å². The van der Waals surface area contributed by atoms with Crippen molar-refractivity contribution in [2.45, 2.75) is 38.0 Å². The fourth-order valence-electron chi connectivity index (χ4n) is 1.84. The van der Waals surface area contributed by atoms with Crippen LogP contribution in [0.5, 0.6) is 0 Å². The summed E-state index contributed by atoms with van der Waals surface area (Å²) in [6, 6.07) is 0. The Labute approximate surface area is 175 Å². The summed E-state index contributed by atoms with van der Waals surface area (Å²) in [7, 11) is 0. The van der Waals surface area contributed by atoms with E-state index in [9.17, 15) is 0 Å². The summed E-state index contributed by atoms with van der Waals surface area (Å²) in [6.45, 7) is 11.3. The van der Waals surface area contributed by atoms with Crippen molar-refractivity contribution in [3.05, 3.63) is 0 Å². The quantitative estimate of drug-likeness (QED) is 0.417. The number of nitrogens with zero attached hydrogens (tertiary/aromatic N) is 6. The van der Waals surface area contributed by atoms with Gasteiger partial charge in [-0.25, -0.2) is 0 Å². The van der Waals surface area contributed by atoms with Gasteiger partial charge in [-0.3, -0.25) is 0 Å². The first-order chi connectivity index (χ1) is 13.6. The zero-order valence-electron chi connectivity index (χ0n) is 17.3. The molecule has 0 unspecified atom stereocenters. The Morgan fingerprint density at radius 1 is 0.500 bits per heavy atom. The maximum atomic E-state index is 4.21. The Hall–Kier alpha value is -2.08. The van der Waals surface area contributed by atoms with Crippen molar-refractivity contribution < 1.29 is 0 Å². The minimum atomic E-state index is 0.628. The van der Waals surface area contributed by atoms with E-state index >= 15 is 0 Å². The molecule has 2 rings (SSSR count). The zero-order valence-corrected chi connectivity index (χ0v) is 19.0. The molecule has 0 fully saturated rings. The van der Waals surface area contributed by atoms with Gasteiger partial charge in [0.15, 0.2) is 10.3 Å². The third kappa shape index (κ3) is 8.74. The first kappa shape index (κ1) is 24.0. The molecule has 0 aliphatic rings. The largest absolute Gasteiger partial charge is 0.354 e. The molecule has 10 nitrogen and oxygen atoms in total. The Balaban J connectivity index is 0.000000280. The molecule has 28 heavy (non-hydrogen) atoms. The van der Waals surface area contributed by atoms with Gasteiger partial charge >= 0.3 is 0 Å². The van der Waals surface area contributed by atoms with Crippen molar-refractivity contribution in [2.24, 2.45) is 0 Å². The first-order valence-electron chi connectivity index (χ1n) is 9.15. The molecule has 0 aromatic carbocycles. The van der Waals surface area contributed by atoms with E-state index in [1.807, 2.05) is 40.2 Å². The molecular weight excluding hydrogens is 396 g/mol. The summed E-state index contributed by atoms with van der Waals surface area (Å²) in [4.78, 5) is 25.3. The van der Waals surface area contributed by atoms with E-state index in [-0.39, 0.29) is 0 Å². The van der Waals surface area contributed by atoms with Crippen molar-refractivity contribution >= 4 is 47.3 Å². The summed E-state index contributed by atoms with van der Waals surface area (Å²) in [6.07, 6.45) is 3.89. The molecule has 4 N–H and O–H groups in total. The van der Waals surface area contributed by atoms with Crippen molar-refractivity contribution in [2.75, 3.05) is 60.0 Å². The standard InChI is InChI=1S/2C8H15N5S/c2*1-4-9-6-11-7(10-5-2)13-8(12-6)14-3/h2*4-5H2,1-3H3,(H2,9,10,11,12,13). The zero-order chi connectivity index (χ0) is 20.8. The van der Waals surface area contributed by atoms with Crippen LogP contribution in [0.25, 0.3) is 0 Å². The lowest BCUT2D eigenvalue weighted by molar-refractivity contribution is 0.896. The second-order valence-corrected chi connectivity index (χ2v) is 6.61. The van der Waals surface area contributed by atoms with Crippen LogP contribution in [0, 0.1) is 0 Å². The van der Waals surface area contributed by atoms with Gasteiger partial charge in [0.1, 0.15) is 0 Å². The number of thioether (sulfide) groups is 2. The van der Waals surface area contributed by atoms with Crippen molar-refractivity contribution in [1.82, 2.24) is 29.9 Å². The third-order valence-corrected chi connectivity index (χ3v) is 4.03. The molecular formula is C16H30N10S2. The van der Waals surface area contributed by atoms with Crippen molar-refractivity contribution in [3.8, 4) is 0 Å². The second kappa shape index (κ2) is 14.0. The Morgan fingerprint density at radius 2 is 0.750 bits per heavy atom. The van der Waals surface area contributed by atoms with Gasteiger partial charge in [-0.2, -0.15) is 29.9 Å². The van der Waals surface area contributed by atoms with E-state index in [2.05, 4.69) is 51.2 Å². The molecule has 0 bridgehead atoms. The molecule has 2 heterocycles. The fourth-order valence-corrected chi connectivity index (χ4v) is 2.56. The van der Waals surface area contributed by atoms with E-state index < -0.39 is 0 Å². The van der Waals surface area contributed by atoms with E-state index in [0.29, 0.717) is 23.8 Å². The van der Waals surface area contributed by atoms with Crippen molar-refractivity contribution in [3.63, 3.8) is 0 Å². The normalized spacial score (nSPS) is 9.93. The Morgan fingerprint density at radius 3 is 0.929 bits per heavy atom. The van der Waals surface area contributed by atoms with Crippen LogP contribution in [0.15, 0.2) is 10.3 Å². The molecule has 2 aromatic rings. The summed E-state index contributed by atoms with van der Waals surface area (Å²) in [5.74, 6) is 2.51. The molecule has 0 atom stereocenters. The lowest BCUT2D eigenvalue weighted by Crippen LogP contribution is -2.09. The minimum Gasteiger partial charge on any atom is -0.354 e. The average molecular weight is 427 g/mol. The van der Waals surface area contributed by atoms with Gasteiger partial charge in [-0.15, -0.1) is 0 Å². The molecule has 0 spiro atoms. The summed E-state index contributed by atoms with van der Waals surface area (Å²) in [5, 5.41) is 13.7. The smallest absolute Gasteiger partial charge is 0.228 e. The van der Waals surface area contributed by atoms with Gasteiger partial charge in [-0.1, -0.05) is 23.5 Å². The molecule has 2 aromatic heterocycles. The molecule has 0 saturated carbocycles. The van der Waals surface area contributed by atoms with Gasteiger partial charge in [0, 0.05) is 26.2 Å². The lowest BCUT2D eigenvalue weighted by Gasteiger charge is -2.06. The molecule has 0 saturated heterocycles. The Bertz CT molecular complexity index is 593. The second-order valence-electron chi connectivity index (χ2n) is 5.06. The molecule has 0 amide bonds.